The van der Waals surface area contributed by atoms with Crippen LogP contribution in [0.25, 0.3) is 0 Å². The Morgan fingerprint density at radius 1 is 1.04 bits per heavy atom. The smallest absolute Gasteiger partial charge is 0.255 e. The van der Waals surface area contributed by atoms with Crippen molar-refractivity contribution in [2.24, 2.45) is 0 Å². The fourth-order valence-corrected chi connectivity index (χ4v) is 3.67. The predicted octanol–water partition coefficient (Wildman–Crippen LogP) is 4.85. The summed E-state index contributed by atoms with van der Waals surface area (Å²) in [7, 11) is 0. The lowest BCUT2D eigenvalue weighted by Crippen LogP contribution is -2.49. The van der Waals surface area contributed by atoms with Gasteiger partial charge in [0, 0.05) is 50.0 Å². The molecule has 1 aliphatic heterocycles. The Bertz CT molecular complexity index is 775. The van der Waals surface area contributed by atoms with Gasteiger partial charge in [-0.3, -0.25) is 9.69 Å². The Balaban J connectivity index is 0.00000280. The van der Waals surface area contributed by atoms with E-state index in [0.29, 0.717) is 10.6 Å². The molecule has 3 rings (SSSR count). The van der Waals surface area contributed by atoms with Crippen molar-refractivity contribution in [2.45, 2.75) is 13.3 Å². The lowest BCUT2D eigenvalue weighted by molar-refractivity contribution is 0.0638. The molecular formula is C21H26Cl3N3O. The maximum Gasteiger partial charge on any atom is 0.255 e. The van der Waals surface area contributed by atoms with Gasteiger partial charge < -0.3 is 10.2 Å². The van der Waals surface area contributed by atoms with E-state index in [4.69, 9.17) is 23.2 Å². The fourth-order valence-electron chi connectivity index (χ4n) is 3.29. The van der Waals surface area contributed by atoms with Crippen molar-refractivity contribution in [2.75, 3.05) is 44.6 Å². The number of carbonyl (C=O) groups excluding carboxylic acids is 1. The van der Waals surface area contributed by atoms with Crippen molar-refractivity contribution in [1.29, 1.82) is 0 Å². The van der Waals surface area contributed by atoms with Crippen molar-refractivity contribution < 1.29 is 4.79 Å². The summed E-state index contributed by atoms with van der Waals surface area (Å²) in [5, 5.41) is 4.48. The van der Waals surface area contributed by atoms with E-state index in [0.717, 1.165) is 56.4 Å². The van der Waals surface area contributed by atoms with E-state index in [1.54, 1.807) is 0 Å². The van der Waals surface area contributed by atoms with Crippen LogP contribution in [-0.4, -0.2) is 55.0 Å². The van der Waals surface area contributed by atoms with E-state index in [9.17, 15) is 4.79 Å². The van der Waals surface area contributed by atoms with E-state index in [1.807, 2.05) is 42.2 Å². The molecule has 7 heteroatoms. The highest BCUT2D eigenvalue weighted by atomic mass is 35.5. The normalized spacial score (nSPS) is 14.5. The van der Waals surface area contributed by atoms with Crippen LogP contribution < -0.4 is 5.32 Å². The summed E-state index contributed by atoms with van der Waals surface area (Å²) >= 11 is 12.3. The van der Waals surface area contributed by atoms with Gasteiger partial charge in [-0.2, -0.15) is 0 Å². The number of nitrogens with one attached hydrogen (secondary N) is 1. The van der Waals surface area contributed by atoms with E-state index >= 15 is 0 Å². The van der Waals surface area contributed by atoms with Gasteiger partial charge in [-0.25, -0.2) is 0 Å². The van der Waals surface area contributed by atoms with Gasteiger partial charge in [-0.05, 0) is 49.2 Å². The minimum absolute atomic E-state index is 0. The summed E-state index contributed by atoms with van der Waals surface area (Å²) in [5.41, 5.74) is 2.80. The number of nitrogens with zero attached hydrogens (tertiary/aromatic N) is 2. The quantitative estimate of drug-likeness (QED) is 0.695. The molecule has 0 aliphatic carbocycles. The van der Waals surface area contributed by atoms with Crippen molar-refractivity contribution in [3.05, 3.63) is 63.6 Å². The molecule has 1 saturated heterocycles. The first-order valence-corrected chi connectivity index (χ1v) is 10.1. The molecule has 0 spiro atoms. The molecule has 0 saturated carbocycles. The molecule has 28 heavy (non-hydrogen) atoms. The van der Waals surface area contributed by atoms with Crippen LogP contribution >= 0.6 is 35.6 Å². The summed E-state index contributed by atoms with van der Waals surface area (Å²) in [4.78, 5) is 17.1. The minimum atomic E-state index is 0. The molecule has 1 fully saturated rings. The average molecular weight is 443 g/mol. The number of benzene rings is 2. The van der Waals surface area contributed by atoms with E-state index in [1.165, 1.54) is 5.56 Å². The Hall–Kier alpha value is -1.46. The van der Waals surface area contributed by atoms with Crippen molar-refractivity contribution in [3.63, 3.8) is 0 Å². The fraction of sp³-hybridized carbons (Fsp3) is 0.381. The molecule has 1 N–H and O–H groups in total. The van der Waals surface area contributed by atoms with Crippen molar-refractivity contribution in [1.82, 2.24) is 9.80 Å². The third kappa shape index (κ3) is 6.02. The zero-order chi connectivity index (χ0) is 19.2. The second-order valence-corrected chi connectivity index (χ2v) is 7.58. The molecule has 1 amide bonds. The first-order chi connectivity index (χ1) is 13.1. The largest absolute Gasteiger partial charge is 0.385 e. The number of carbonyl (C=O) groups is 1. The van der Waals surface area contributed by atoms with Crippen LogP contribution in [0.3, 0.4) is 0 Å². The summed E-state index contributed by atoms with van der Waals surface area (Å²) in [6.07, 6.45) is 0.989. The van der Waals surface area contributed by atoms with Crippen LogP contribution in [0.1, 0.15) is 22.8 Å². The highest BCUT2D eigenvalue weighted by molar-refractivity contribution is 6.34. The lowest BCUT2D eigenvalue weighted by atomic mass is 10.1. The van der Waals surface area contributed by atoms with Crippen LogP contribution in [0, 0.1) is 0 Å². The summed E-state index contributed by atoms with van der Waals surface area (Å²) in [6, 6.07) is 13.5. The predicted molar refractivity (Wildman–Crippen MR) is 120 cm³/mol. The number of hydrogen-bond acceptors (Lipinski definition) is 3. The van der Waals surface area contributed by atoms with Crippen molar-refractivity contribution >= 4 is 47.2 Å². The topological polar surface area (TPSA) is 35.6 Å². The van der Waals surface area contributed by atoms with Gasteiger partial charge in [0.2, 0.25) is 0 Å². The molecule has 0 radical (unpaired) electrons. The molecule has 1 aliphatic rings. The summed E-state index contributed by atoms with van der Waals surface area (Å²) < 4.78 is 0. The Morgan fingerprint density at radius 2 is 1.71 bits per heavy atom. The molecule has 2 aromatic rings. The minimum Gasteiger partial charge on any atom is -0.385 e. The maximum atomic E-state index is 12.8. The van der Waals surface area contributed by atoms with E-state index in [-0.39, 0.29) is 18.3 Å². The van der Waals surface area contributed by atoms with Gasteiger partial charge >= 0.3 is 0 Å². The van der Waals surface area contributed by atoms with Gasteiger partial charge in [0.05, 0.1) is 10.6 Å². The van der Waals surface area contributed by atoms with Gasteiger partial charge in [0.25, 0.3) is 5.91 Å². The molecular weight excluding hydrogens is 417 g/mol. The molecule has 0 bridgehead atoms. The Morgan fingerprint density at radius 3 is 2.32 bits per heavy atom. The van der Waals surface area contributed by atoms with Gasteiger partial charge in [0.15, 0.2) is 0 Å². The van der Waals surface area contributed by atoms with Gasteiger partial charge in [-0.15, -0.1) is 12.4 Å². The van der Waals surface area contributed by atoms with Gasteiger partial charge in [0.1, 0.15) is 0 Å². The third-order valence-electron chi connectivity index (χ3n) is 4.87. The molecule has 2 aromatic carbocycles. The zero-order valence-corrected chi connectivity index (χ0v) is 18.3. The Kier molecular flexibility index (Phi) is 8.90. The third-order valence-corrected chi connectivity index (χ3v) is 5.43. The number of hydrogen-bond donors (Lipinski definition) is 1. The standard InChI is InChI=1S/C21H25Cl2N3O.ClH/c1-2-24-18-7-8-19(20(23)15-18)21(27)26-13-11-25(12-14-26)10-9-16-3-5-17(22)6-4-16;/h3-8,15,24H,2,9-14H2,1H3;1H. The van der Waals surface area contributed by atoms with Crippen LogP contribution in [0.5, 0.6) is 0 Å². The lowest BCUT2D eigenvalue weighted by Gasteiger charge is -2.35. The average Bonchev–Trinajstić information content (AvgIpc) is 2.68. The first-order valence-electron chi connectivity index (χ1n) is 9.36. The first kappa shape index (κ1) is 22.8. The van der Waals surface area contributed by atoms with Crippen LogP contribution in [0.2, 0.25) is 10.0 Å². The molecule has 0 aromatic heterocycles. The number of rotatable bonds is 6. The van der Waals surface area contributed by atoms with Gasteiger partial charge in [-0.1, -0.05) is 35.3 Å². The molecule has 0 atom stereocenters. The summed E-state index contributed by atoms with van der Waals surface area (Å²) in [6.45, 7) is 7.05. The SMILES string of the molecule is CCNc1ccc(C(=O)N2CCN(CCc3ccc(Cl)cc3)CC2)c(Cl)c1.Cl. The van der Waals surface area contributed by atoms with E-state index in [2.05, 4.69) is 22.3 Å². The highest BCUT2D eigenvalue weighted by Crippen LogP contribution is 2.23. The van der Waals surface area contributed by atoms with Crippen molar-refractivity contribution in [3.8, 4) is 0 Å². The molecule has 0 unspecified atom stereocenters. The molecule has 152 valence electrons. The van der Waals surface area contributed by atoms with Crippen LogP contribution in [-0.2, 0) is 6.42 Å². The second kappa shape index (κ2) is 10.9. The summed E-state index contributed by atoms with van der Waals surface area (Å²) in [5.74, 6) is 0.0143. The maximum absolute atomic E-state index is 12.8. The highest BCUT2D eigenvalue weighted by Gasteiger charge is 2.23. The van der Waals surface area contributed by atoms with Crippen LogP contribution in [0.15, 0.2) is 42.5 Å². The number of anilines is 1. The molecule has 1 heterocycles. The van der Waals surface area contributed by atoms with Crippen LogP contribution in [0.4, 0.5) is 5.69 Å². The molecule has 4 nitrogen and oxygen atoms in total. The number of halogens is 3. The number of piperazine rings is 1. The number of amides is 1. The van der Waals surface area contributed by atoms with E-state index < -0.39 is 0 Å². The second-order valence-electron chi connectivity index (χ2n) is 6.74. The monoisotopic (exact) mass is 441 g/mol. The Labute approximate surface area is 183 Å². The zero-order valence-electron chi connectivity index (χ0n) is 16.0.